The molecule has 0 aliphatic rings. The molecule has 18 heavy (non-hydrogen) atoms. The number of para-hydroxylation sites is 1. The molecule has 0 aliphatic heterocycles. The first-order valence-electron chi connectivity index (χ1n) is 5.98. The Morgan fingerprint density at radius 2 is 2.11 bits per heavy atom. The van der Waals surface area contributed by atoms with E-state index in [9.17, 15) is 0 Å². The van der Waals surface area contributed by atoms with Gasteiger partial charge in [0.15, 0.2) is 0 Å². The Morgan fingerprint density at radius 3 is 2.89 bits per heavy atom. The van der Waals surface area contributed by atoms with Gasteiger partial charge in [0.25, 0.3) is 0 Å². The molecule has 4 nitrogen and oxygen atoms in total. The molecule has 0 aliphatic carbocycles. The van der Waals surface area contributed by atoms with Gasteiger partial charge in [-0.2, -0.15) is 5.10 Å². The fourth-order valence-electron chi connectivity index (χ4n) is 2.01. The minimum atomic E-state index is 0.722. The third-order valence-corrected chi connectivity index (χ3v) is 3.00. The van der Waals surface area contributed by atoms with E-state index in [2.05, 4.69) is 22.5 Å². The Bertz CT molecular complexity index is 621. The quantitative estimate of drug-likeness (QED) is 0.763. The van der Waals surface area contributed by atoms with Crippen molar-refractivity contribution in [2.45, 2.75) is 13.1 Å². The van der Waals surface area contributed by atoms with E-state index in [-0.39, 0.29) is 0 Å². The third-order valence-electron chi connectivity index (χ3n) is 3.00. The normalized spacial score (nSPS) is 11.2. The summed E-state index contributed by atoms with van der Waals surface area (Å²) in [5.41, 5.74) is 2.10. The van der Waals surface area contributed by atoms with Crippen molar-refractivity contribution in [3.8, 4) is 0 Å². The zero-order chi connectivity index (χ0) is 12.4. The van der Waals surface area contributed by atoms with Crippen LogP contribution < -0.4 is 5.32 Å². The lowest BCUT2D eigenvalue weighted by Crippen LogP contribution is -2.14. The summed E-state index contributed by atoms with van der Waals surface area (Å²) in [7, 11) is 1.94. The first-order valence-corrected chi connectivity index (χ1v) is 5.98. The van der Waals surface area contributed by atoms with Gasteiger partial charge < -0.3 is 9.73 Å². The van der Waals surface area contributed by atoms with Crippen LogP contribution in [0.3, 0.4) is 0 Å². The summed E-state index contributed by atoms with van der Waals surface area (Å²) in [5, 5.41) is 8.63. The molecule has 4 heteroatoms. The summed E-state index contributed by atoms with van der Waals surface area (Å²) >= 11 is 0. The van der Waals surface area contributed by atoms with Crippen LogP contribution in [0, 0.1) is 0 Å². The molecule has 0 bridgehead atoms. The molecule has 3 rings (SSSR count). The second kappa shape index (κ2) is 4.66. The van der Waals surface area contributed by atoms with Gasteiger partial charge in [0, 0.05) is 25.2 Å². The SMILES string of the molecule is Cn1nccc1CNCc1cc2ccccc2o1. The molecular weight excluding hydrogens is 226 g/mol. The molecule has 0 radical (unpaired) electrons. The Morgan fingerprint density at radius 1 is 1.22 bits per heavy atom. The molecule has 3 aromatic rings. The molecule has 0 unspecified atom stereocenters. The van der Waals surface area contributed by atoms with E-state index in [1.54, 1.807) is 6.20 Å². The number of benzene rings is 1. The van der Waals surface area contributed by atoms with Crippen LogP contribution in [0.25, 0.3) is 11.0 Å². The fourth-order valence-corrected chi connectivity index (χ4v) is 2.01. The molecule has 2 heterocycles. The summed E-state index contributed by atoms with van der Waals surface area (Å²) in [4.78, 5) is 0. The van der Waals surface area contributed by atoms with E-state index in [0.717, 1.165) is 35.5 Å². The molecule has 92 valence electrons. The molecule has 0 amide bonds. The monoisotopic (exact) mass is 241 g/mol. The number of aromatic nitrogens is 2. The molecule has 2 aromatic heterocycles. The van der Waals surface area contributed by atoms with Crippen LogP contribution in [-0.4, -0.2) is 9.78 Å². The molecule has 0 spiro atoms. The Hall–Kier alpha value is -2.07. The van der Waals surface area contributed by atoms with Crippen molar-refractivity contribution >= 4 is 11.0 Å². The molecule has 0 fully saturated rings. The van der Waals surface area contributed by atoms with E-state index in [4.69, 9.17) is 4.42 Å². The first-order chi connectivity index (χ1) is 8.83. The number of nitrogens with zero attached hydrogens (tertiary/aromatic N) is 2. The third kappa shape index (κ3) is 2.15. The van der Waals surface area contributed by atoms with Gasteiger partial charge in [-0.15, -0.1) is 0 Å². The van der Waals surface area contributed by atoms with Gasteiger partial charge >= 0.3 is 0 Å². The summed E-state index contributed by atoms with van der Waals surface area (Å²) in [6.45, 7) is 1.51. The van der Waals surface area contributed by atoms with Crippen LogP contribution in [0.15, 0.2) is 47.0 Å². The maximum atomic E-state index is 5.73. The molecular formula is C14H15N3O. The molecule has 1 aromatic carbocycles. The van der Waals surface area contributed by atoms with Crippen molar-refractivity contribution < 1.29 is 4.42 Å². The lowest BCUT2D eigenvalue weighted by atomic mass is 10.2. The van der Waals surface area contributed by atoms with Gasteiger partial charge in [-0.25, -0.2) is 0 Å². The molecule has 0 saturated heterocycles. The van der Waals surface area contributed by atoms with Gasteiger partial charge in [0.05, 0.1) is 12.2 Å². The second-order valence-electron chi connectivity index (χ2n) is 4.30. The lowest BCUT2D eigenvalue weighted by molar-refractivity contribution is 0.507. The lowest BCUT2D eigenvalue weighted by Gasteiger charge is -2.02. The molecule has 0 atom stereocenters. The van der Waals surface area contributed by atoms with E-state index >= 15 is 0 Å². The number of rotatable bonds is 4. The number of aryl methyl sites for hydroxylation is 1. The topological polar surface area (TPSA) is 43.0 Å². The van der Waals surface area contributed by atoms with Crippen LogP contribution in [0.4, 0.5) is 0 Å². The predicted molar refractivity (Wildman–Crippen MR) is 70.0 cm³/mol. The predicted octanol–water partition coefficient (Wildman–Crippen LogP) is 2.46. The highest BCUT2D eigenvalue weighted by Gasteiger charge is 2.03. The smallest absolute Gasteiger partial charge is 0.134 e. The van der Waals surface area contributed by atoms with Crippen LogP contribution in [-0.2, 0) is 20.1 Å². The molecule has 1 N–H and O–H groups in total. The number of fused-ring (bicyclic) bond motifs is 1. The fraction of sp³-hybridized carbons (Fsp3) is 0.214. The van der Waals surface area contributed by atoms with Crippen molar-refractivity contribution in [2.75, 3.05) is 0 Å². The van der Waals surface area contributed by atoms with Crippen molar-refractivity contribution in [1.29, 1.82) is 0 Å². The molecule has 0 saturated carbocycles. The largest absolute Gasteiger partial charge is 0.460 e. The number of hydrogen-bond donors (Lipinski definition) is 1. The summed E-state index contributed by atoms with van der Waals surface area (Å²) < 4.78 is 7.60. The highest BCUT2D eigenvalue weighted by Crippen LogP contribution is 2.18. The van der Waals surface area contributed by atoms with Crippen molar-refractivity contribution in [1.82, 2.24) is 15.1 Å². The number of nitrogens with one attached hydrogen (secondary N) is 1. The van der Waals surface area contributed by atoms with E-state index < -0.39 is 0 Å². The highest BCUT2D eigenvalue weighted by atomic mass is 16.3. The highest BCUT2D eigenvalue weighted by molar-refractivity contribution is 5.77. The van der Waals surface area contributed by atoms with Crippen molar-refractivity contribution in [3.05, 3.63) is 54.0 Å². The average Bonchev–Trinajstić information content (AvgIpc) is 2.96. The van der Waals surface area contributed by atoms with Gasteiger partial charge in [-0.3, -0.25) is 4.68 Å². The maximum absolute atomic E-state index is 5.73. The minimum absolute atomic E-state index is 0.722. The van der Waals surface area contributed by atoms with E-state index in [1.165, 1.54) is 0 Å². The van der Waals surface area contributed by atoms with E-state index in [0.29, 0.717) is 0 Å². The van der Waals surface area contributed by atoms with Crippen LogP contribution in [0.2, 0.25) is 0 Å². The Labute approximate surface area is 105 Å². The van der Waals surface area contributed by atoms with Crippen molar-refractivity contribution in [3.63, 3.8) is 0 Å². The van der Waals surface area contributed by atoms with Crippen molar-refractivity contribution in [2.24, 2.45) is 7.05 Å². The Balaban J connectivity index is 1.65. The first kappa shape index (κ1) is 11.0. The van der Waals surface area contributed by atoms with Gasteiger partial charge in [0.2, 0.25) is 0 Å². The van der Waals surface area contributed by atoms with Crippen LogP contribution in [0.1, 0.15) is 11.5 Å². The summed E-state index contributed by atoms with van der Waals surface area (Å²) in [6, 6.07) is 12.1. The van der Waals surface area contributed by atoms with Gasteiger partial charge in [0.1, 0.15) is 11.3 Å². The second-order valence-corrected chi connectivity index (χ2v) is 4.30. The zero-order valence-corrected chi connectivity index (χ0v) is 10.3. The Kier molecular flexibility index (Phi) is 2.86. The van der Waals surface area contributed by atoms with E-state index in [1.807, 2.05) is 36.0 Å². The maximum Gasteiger partial charge on any atom is 0.134 e. The summed E-state index contributed by atoms with van der Waals surface area (Å²) in [6.07, 6.45) is 1.80. The minimum Gasteiger partial charge on any atom is -0.460 e. The van der Waals surface area contributed by atoms with Crippen LogP contribution >= 0.6 is 0 Å². The summed E-state index contributed by atoms with van der Waals surface area (Å²) in [5.74, 6) is 0.957. The number of furan rings is 1. The number of hydrogen-bond acceptors (Lipinski definition) is 3. The van der Waals surface area contributed by atoms with Gasteiger partial charge in [-0.05, 0) is 18.2 Å². The van der Waals surface area contributed by atoms with Crippen LogP contribution in [0.5, 0.6) is 0 Å². The standard InChI is InChI=1S/C14H15N3O/c1-17-12(6-7-16-17)9-15-10-13-8-11-4-2-3-5-14(11)18-13/h2-8,15H,9-10H2,1H3. The average molecular weight is 241 g/mol. The zero-order valence-electron chi connectivity index (χ0n) is 10.3. The van der Waals surface area contributed by atoms with Gasteiger partial charge in [-0.1, -0.05) is 18.2 Å².